The average molecular weight is 343 g/mol. The number of hydrogen-bond acceptors (Lipinski definition) is 4. The topological polar surface area (TPSA) is 38.9 Å². The van der Waals surface area contributed by atoms with Gasteiger partial charge >= 0.3 is 0 Å². The minimum absolute atomic E-state index is 0.826. The van der Waals surface area contributed by atoms with Gasteiger partial charge in [-0.1, -0.05) is 22.9 Å². The number of halogens is 1. The molecule has 1 aromatic heterocycles. The third-order valence-electron chi connectivity index (χ3n) is 2.41. The van der Waals surface area contributed by atoms with Crippen molar-refractivity contribution < 1.29 is 0 Å². The van der Waals surface area contributed by atoms with E-state index in [1.165, 1.54) is 5.01 Å². The van der Waals surface area contributed by atoms with Crippen LogP contribution in [-0.4, -0.2) is 4.98 Å². The first kappa shape index (κ1) is 13.9. The maximum absolute atomic E-state index is 5.95. The second-order valence-corrected chi connectivity index (χ2v) is 6.83. The van der Waals surface area contributed by atoms with Crippen molar-refractivity contribution in [3.63, 3.8) is 0 Å². The Morgan fingerprint density at radius 1 is 1.44 bits per heavy atom. The number of thiazole rings is 1. The number of benzene rings is 1. The van der Waals surface area contributed by atoms with Crippen LogP contribution in [0, 0.1) is 0 Å². The van der Waals surface area contributed by atoms with Crippen molar-refractivity contribution in [2.45, 2.75) is 30.4 Å². The van der Waals surface area contributed by atoms with E-state index in [1.807, 2.05) is 12.1 Å². The van der Waals surface area contributed by atoms with Gasteiger partial charge in [0.2, 0.25) is 0 Å². The van der Waals surface area contributed by atoms with E-state index in [0.717, 1.165) is 39.3 Å². The van der Waals surface area contributed by atoms with Gasteiger partial charge < -0.3 is 5.73 Å². The first-order valence-electron chi connectivity index (χ1n) is 5.80. The van der Waals surface area contributed by atoms with Gasteiger partial charge in [0.25, 0.3) is 0 Å². The number of nitrogen functional groups attached to an aromatic ring is 1. The minimum Gasteiger partial charge on any atom is -0.398 e. The largest absolute Gasteiger partial charge is 0.398 e. The maximum Gasteiger partial charge on any atom is 0.0928 e. The summed E-state index contributed by atoms with van der Waals surface area (Å²) in [5.74, 6) is 0.876. The average Bonchev–Trinajstić information content (AvgIpc) is 2.79. The quantitative estimate of drug-likeness (QED) is 0.630. The van der Waals surface area contributed by atoms with E-state index in [2.05, 4.69) is 39.3 Å². The zero-order valence-electron chi connectivity index (χ0n) is 10.1. The molecule has 1 aromatic carbocycles. The molecule has 1 heterocycles. The molecule has 0 aliphatic rings. The lowest BCUT2D eigenvalue weighted by Crippen LogP contribution is -1.89. The van der Waals surface area contributed by atoms with Crippen LogP contribution in [0.1, 0.15) is 24.0 Å². The summed E-state index contributed by atoms with van der Waals surface area (Å²) >= 11 is 6.95. The molecule has 0 aliphatic heterocycles. The van der Waals surface area contributed by atoms with Crippen molar-refractivity contribution in [1.82, 2.24) is 4.98 Å². The summed E-state index contributed by atoms with van der Waals surface area (Å²) < 4.78 is 1.06. The highest BCUT2D eigenvalue weighted by molar-refractivity contribution is 9.10. The van der Waals surface area contributed by atoms with Gasteiger partial charge in [-0.05, 0) is 31.0 Å². The van der Waals surface area contributed by atoms with Gasteiger partial charge in [0, 0.05) is 26.2 Å². The fraction of sp³-hybridized carbons (Fsp3) is 0.308. The van der Waals surface area contributed by atoms with E-state index in [9.17, 15) is 0 Å². The maximum atomic E-state index is 5.95. The molecular weight excluding hydrogens is 328 g/mol. The highest BCUT2D eigenvalue weighted by atomic mass is 79.9. The van der Waals surface area contributed by atoms with Crippen LogP contribution in [0.4, 0.5) is 5.69 Å². The molecule has 0 unspecified atom stereocenters. The lowest BCUT2D eigenvalue weighted by Gasteiger charge is -2.04. The number of hydrogen-bond donors (Lipinski definition) is 1. The molecule has 2 rings (SSSR count). The number of anilines is 1. The number of nitrogens with zero attached hydrogens (tertiary/aromatic N) is 1. The van der Waals surface area contributed by atoms with Gasteiger partial charge in [-0.25, -0.2) is 4.98 Å². The monoisotopic (exact) mass is 342 g/mol. The number of rotatable bonds is 5. The zero-order valence-corrected chi connectivity index (χ0v) is 13.4. The highest BCUT2D eigenvalue weighted by Gasteiger charge is 2.05. The second kappa shape index (κ2) is 6.59. The number of thioether (sulfide) groups is 1. The van der Waals surface area contributed by atoms with Crippen LogP contribution in [0.15, 0.2) is 32.9 Å². The SMILES string of the molecule is CCCc1nc(CSc2cc(Br)ccc2N)cs1. The Bertz CT molecular complexity index is 525. The van der Waals surface area contributed by atoms with Crippen LogP contribution in [0.3, 0.4) is 0 Å². The molecule has 2 nitrogen and oxygen atoms in total. The molecule has 0 bridgehead atoms. The smallest absolute Gasteiger partial charge is 0.0928 e. The zero-order chi connectivity index (χ0) is 13.0. The Labute approximate surface area is 124 Å². The molecule has 96 valence electrons. The van der Waals surface area contributed by atoms with E-state index in [4.69, 9.17) is 5.73 Å². The first-order chi connectivity index (χ1) is 8.69. The molecular formula is C13H15BrN2S2. The molecule has 2 N–H and O–H groups in total. The van der Waals surface area contributed by atoms with E-state index < -0.39 is 0 Å². The van der Waals surface area contributed by atoms with Gasteiger partial charge in [-0.2, -0.15) is 0 Å². The molecule has 0 saturated heterocycles. The van der Waals surface area contributed by atoms with Crippen LogP contribution in [-0.2, 0) is 12.2 Å². The molecule has 0 atom stereocenters. The molecule has 18 heavy (non-hydrogen) atoms. The van der Waals surface area contributed by atoms with Gasteiger partial charge in [0.1, 0.15) is 0 Å². The Kier molecular flexibility index (Phi) is 5.09. The predicted molar refractivity (Wildman–Crippen MR) is 84.2 cm³/mol. The normalized spacial score (nSPS) is 10.8. The number of aryl methyl sites for hydroxylation is 1. The third-order valence-corrected chi connectivity index (χ3v) is 4.97. The summed E-state index contributed by atoms with van der Waals surface area (Å²) in [4.78, 5) is 5.72. The van der Waals surface area contributed by atoms with Crippen LogP contribution < -0.4 is 5.73 Å². The number of aromatic nitrogens is 1. The van der Waals surface area contributed by atoms with Crippen LogP contribution in [0.2, 0.25) is 0 Å². The minimum atomic E-state index is 0.826. The highest BCUT2D eigenvalue weighted by Crippen LogP contribution is 2.31. The Morgan fingerprint density at radius 3 is 3.06 bits per heavy atom. The van der Waals surface area contributed by atoms with Crippen LogP contribution in [0.5, 0.6) is 0 Å². The van der Waals surface area contributed by atoms with Crippen molar-refractivity contribution in [3.05, 3.63) is 38.8 Å². The fourth-order valence-corrected chi connectivity index (χ4v) is 3.94. The van der Waals surface area contributed by atoms with Gasteiger partial charge in [-0.3, -0.25) is 0 Å². The fourth-order valence-electron chi connectivity index (χ4n) is 1.53. The van der Waals surface area contributed by atoms with Crippen molar-refractivity contribution in [1.29, 1.82) is 0 Å². The van der Waals surface area contributed by atoms with Crippen molar-refractivity contribution >= 4 is 44.7 Å². The molecule has 0 fully saturated rings. The molecule has 2 aromatic rings. The Balaban J connectivity index is 1.99. The molecule has 0 amide bonds. The predicted octanol–water partition coefficient (Wildman–Crippen LogP) is 4.73. The van der Waals surface area contributed by atoms with Gasteiger partial charge in [0.05, 0.1) is 10.7 Å². The second-order valence-electron chi connectivity index (χ2n) is 3.95. The molecule has 0 spiro atoms. The van der Waals surface area contributed by atoms with E-state index in [1.54, 1.807) is 23.1 Å². The molecule has 0 saturated carbocycles. The molecule has 5 heteroatoms. The Hall–Kier alpha value is -0.520. The van der Waals surface area contributed by atoms with Crippen molar-refractivity contribution in [2.24, 2.45) is 0 Å². The van der Waals surface area contributed by atoms with Crippen LogP contribution >= 0.6 is 39.0 Å². The summed E-state index contributed by atoms with van der Waals surface area (Å²) in [6.07, 6.45) is 2.23. The Morgan fingerprint density at radius 2 is 2.28 bits per heavy atom. The van der Waals surface area contributed by atoms with Crippen molar-refractivity contribution in [3.8, 4) is 0 Å². The van der Waals surface area contributed by atoms with Crippen molar-refractivity contribution in [2.75, 3.05) is 5.73 Å². The van der Waals surface area contributed by atoms with E-state index in [0.29, 0.717) is 0 Å². The van der Waals surface area contributed by atoms with Crippen LogP contribution in [0.25, 0.3) is 0 Å². The lowest BCUT2D eigenvalue weighted by atomic mass is 10.3. The summed E-state index contributed by atoms with van der Waals surface area (Å²) in [5.41, 5.74) is 7.92. The summed E-state index contributed by atoms with van der Waals surface area (Å²) in [6, 6.07) is 5.94. The lowest BCUT2D eigenvalue weighted by molar-refractivity contribution is 0.902. The van der Waals surface area contributed by atoms with Gasteiger partial charge in [0.15, 0.2) is 0 Å². The standard InChI is InChI=1S/C13H15BrN2S2/c1-2-3-13-16-10(8-18-13)7-17-12-6-9(14)4-5-11(12)15/h4-6,8H,2-3,7,15H2,1H3. The first-order valence-corrected chi connectivity index (χ1v) is 8.46. The summed E-state index contributed by atoms with van der Waals surface area (Å²) in [7, 11) is 0. The third kappa shape index (κ3) is 3.73. The summed E-state index contributed by atoms with van der Waals surface area (Å²) in [5, 5.41) is 3.38. The molecule has 0 radical (unpaired) electrons. The summed E-state index contributed by atoms with van der Waals surface area (Å²) in [6.45, 7) is 2.18. The van der Waals surface area contributed by atoms with E-state index >= 15 is 0 Å². The number of nitrogens with two attached hydrogens (primary N) is 1. The van der Waals surface area contributed by atoms with Gasteiger partial charge in [-0.15, -0.1) is 23.1 Å². The molecule has 0 aliphatic carbocycles. The van der Waals surface area contributed by atoms with E-state index in [-0.39, 0.29) is 0 Å².